The van der Waals surface area contributed by atoms with Crippen LogP contribution in [0.5, 0.6) is 0 Å². The SMILES string of the molecule is CC(C)(C)OC(=O)[NH+]([O-])CCc1ccncc1. The summed E-state index contributed by atoms with van der Waals surface area (Å²) in [6.45, 7) is 5.38. The Labute approximate surface area is 101 Å². The largest absolute Gasteiger partial charge is 0.624 e. The molecule has 0 saturated carbocycles. The van der Waals surface area contributed by atoms with E-state index < -0.39 is 16.8 Å². The van der Waals surface area contributed by atoms with Crippen LogP contribution in [0.1, 0.15) is 26.3 Å². The van der Waals surface area contributed by atoms with E-state index in [1.165, 1.54) is 0 Å². The average molecular weight is 238 g/mol. The Hall–Kier alpha value is -1.46. The molecule has 0 bridgehead atoms. The van der Waals surface area contributed by atoms with Gasteiger partial charge < -0.3 is 9.94 Å². The van der Waals surface area contributed by atoms with Crippen molar-refractivity contribution >= 4 is 6.09 Å². The van der Waals surface area contributed by atoms with E-state index in [4.69, 9.17) is 4.74 Å². The van der Waals surface area contributed by atoms with Crippen molar-refractivity contribution < 1.29 is 14.6 Å². The zero-order valence-corrected chi connectivity index (χ0v) is 10.4. The number of alkyl carbamates (subject to hydrolysis) is 1. The number of hydrogen-bond donors (Lipinski definition) is 1. The molecule has 0 radical (unpaired) electrons. The van der Waals surface area contributed by atoms with E-state index in [1.54, 1.807) is 33.2 Å². The fourth-order valence-corrected chi connectivity index (χ4v) is 1.24. The lowest BCUT2D eigenvalue weighted by atomic mass is 10.2. The van der Waals surface area contributed by atoms with E-state index in [0.29, 0.717) is 6.42 Å². The summed E-state index contributed by atoms with van der Waals surface area (Å²) >= 11 is 0. The van der Waals surface area contributed by atoms with Gasteiger partial charge in [0.15, 0.2) is 0 Å². The standard InChI is InChI=1S/C12H18N2O3/c1-12(2,3)17-11(15)14(16)9-6-10-4-7-13-8-5-10/h4-5,7-8,14H,6,9H2,1-3H3. The molecule has 5 heteroatoms. The van der Waals surface area contributed by atoms with Crippen LogP contribution in [0.3, 0.4) is 0 Å². The summed E-state index contributed by atoms with van der Waals surface area (Å²) in [5.41, 5.74) is 0.362. The summed E-state index contributed by atoms with van der Waals surface area (Å²) in [7, 11) is 0. The molecule has 0 aromatic carbocycles. The Bertz CT molecular complexity index is 360. The molecule has 0 aliphatic rings. The van der Waals surface area contributed by atoms with Crippen LogP contribution in [-0.2, 0) is 11.2 Å². The summed E-state index contributed by atoms with van der Waals surface area (Å²) < 4.78 is 4.99. The van der Waals surface area contributed by atoms with Gasteiger partial charge in [-0.05, 0) is 38.5 Å². The van der Waals surface area contributed by atoms with Crippen molar-refractivity contribution in [2.45, 2.75) is 32.8 Å². The molecule has 1 amide bonds. The number of aromatic nitrogens is 1. The molecule has 1 unspecified atom stereocenters. The van der Waals surface area contributed by atoms with Crippen molar-refractivity contribution in [3.8, 4) is 0 Å². The highest BCUT2D eigenvalue weighted by Gasteiger charge is 2.21. The van der Waals surface area contributed by atoms with Crippen LogP contribution in [-0.4, -0.2) is 23.2 Å². The van der Waals surface area contributed by atoms with Crippen molar-refractivity contribution in [2.24, 2.45) is 0 Å². The van der Waals surface area contributed by atoms with Crippen LogP contribution in [0.25, 0.3) is 0 Å². The highest BCUT2D eigenvalue weighted by Crippen LogP contribution is 2.05. The molecule has 1 N–H and O–H groups in total. The van der Waals surface area contributed by atoms with Gasteiger partial charge in [0.25, 0.3) is 0 Å². The number of carbonyl (C=O) groups is 1. The molecule has 0 spiro atoms. The molecule has 5 nitrogen and oxygen atoms in total. The maximum Gasteiger partial charge on any atom is 0.514 e. The summed E-state index contributed by atoms with van der Waals surface area (Å²) in [6.07, 6.45) is 3.09. The minimum Gasteiger partial charge on any atom is -0.624 e. The fourth-order valence-electron chi connectivity index (χ4n) is 1.24. The van der Waals surface area contributed by atoms with E-state index >= 15 is 0 Å². The van der Waals surface area contributed by atoms with Crippen LogP contribution in [0.4, 0.5) is 4.79 Å². The number of rotatable bonds is 3. The third-order valence-electron chi connectivity index (χ3n) is 2.02. The zero-order chi connectivity index (χ0) is 12.9. The van der Waals surface area contributed by atoms with E-state index in [2.05, 4.69) is 4.98 Å². The third kappa shape index (κ3) is 5.42. The average Bonchev–Trinajstić information content (AvgIpc) is 2.25. The van der Waals surface area contributed by atoms with Crippen molar-refractivity contribution in [1.82, 2.24) is 4.98 Å². The van der Waals surface area contributed by atoms with E-state index in [-0.39, 0.29) is 6.54 Å². The Kier molecular flexibility index (Phi) is 4.60. The number of nitrogens with zero attached hydrogens (tertiary/aromatic N) is 1. The maximum atomic E-state index is 11.5. The number of pyridine rings is 1. The Balaban J connectivity index is 2.40. The van der Waals surface area contributed by atoms with Crippen LogP contribution >= 0.6 is 0 Å². The molecule has 0 aliphatic carbocycles. The number of amides is 1. The van der Waals surface area contributed by atoms with Gasteiger partial charge in [-0.25, -0.2) is 0 Å². The van der Waals surface area contributed by atoms with Crippen molar-refractivity contribution in [2.75, 3.05) is 6.54 Å². The molecule has 1 rings (SSSR count). The molecule has 17 heavy (non-hydrogen) atoms. The first-order chi connectivity index (χ1) is 7.88. The van der Waals surface area contributed by atoms with Gasteiger partial charge in [-0.15, -0.1) is 0 Å². The lowest BCUT2D eigenvalue weighted by Gasteiger charge is -2.24. The van der Waals surface area contributed by atoms with Crippen LogP contribution in [0.15, 0.2) is 24.5 Å². The Morgan fingerprint density at radius 3 is 2.53 bits per heavy atom. The van der Waals surface area contributed by atoms with Crippen molar-refractivity contribution in [3.05, 3.63) is 35.3 Å². The number of hydrogen-bond acceptors (Lipinski definition) is 4. The number of quaternary nitrogens is 1. The second-order valence-electron chi connectivity index (χ2n) is 4.78. The smallest absolute Gasteiger partial charge is 0.514 e. The first-order valence-corrected chi connectivity index (χ1v) is 5.53. The zero-order valence-electron chi connectivity index (χ0n) is 10.4. The maximum absolute atomic E-state index is 11.5. The van der Waals surface area contributed by atoms with Gasteiger partial charge in [-0.2, -0.15) is 4.79 Å². The second-order valence-corrected chi connectivity index (χ2v) is 4.78. The molecule has 94 valence electrons. The molecule has 1 aromatic rings. The van der Waals surface area contributed by atoms with Gasteiger partial charge in [-0.1, -0.05) is 0 Å². The van der Waals surface area contributed by atoms with Gasteiger partial charge in [0.05, 0.1) is 6.54 Å². The van der Waals surface area contributed by atoms with E-state index in [0.717, 1.165) is 5.56 Å². The number of nitrogens with one attached hydrogen (secondary N) is 1. The van der Waals surface area contributed by atoms with Crippen LogP contribution in [0, 0.1) is 5.21 Å². The van der Waals surface area contributed by atoms with Crippen LogP contribution in [0.2, 0.25) is 0 Å². The molecule has 1 aromatic heterocycles. The molecular formula is C12H18N2O3. The molecule has 1 heterocycles. The van der Waals surface area contributed by atoms with Crippen LogP contribution < -0.4 is 5.06 Å². The van der Waals surface area contributed by atoms with Gasteiger partial charge in [-0.3, -0.25) is 10.0 Å². The molecular weight excluding hydrogens is 220 g/mol. The van der Waals surface area contributed by atoms with E-state index in [9.17, 15) is 10.0 Å². The van der Waals surface area contributed by atoms with Gasteiger partial charge in [0.2, 0.25) is 0 Å². The normalized spacial score (nSPS) is 13.2. The number of ether oxygens (including phenoxy) is 1. The van der Waals surface area contributed by atoms with Crippen molar-refractivity contribution in [3.63, 3.8) is 0 Å². The fraction of sp³-hybridized carbons (Fsp3) is 0.500. The van der Waals surface area contributed by atoms with Gasteiger partial charge in [0, 0.05) is 18.8 Å². The third-order valence-corrected chi connectivity index (χ3v) is 2.02. The predicted octanol–water partition coefficient (Wildman–Crippen LogP) is 0.942. The quantitative estimate of drug-likeness (QED) is 0.796. The van der Waals surface area contributed by atoms with E-state index in [1.807, 2.05) is 12.1 Å². The summed E-state index contributed by atoms with van der Waals surface area (Å²) in [5, 5.41) is 11.0. The Morgan fingerprint density at radius 1 is 1.41 bits per heavy atom. The predicted molar refractivity (Wildman–Crippen MR) is 63.4 cm³/mol. The van der Waals surface area contributed by atoms with Gasteiger partial charge in [0.1, 0.15) is 5.60 Å². The lowest BCUT2D eigenvalue weighted by molar-refractivity contribution is -0.769. The number of hydroxylamine groups is 2. The monoisotopic (exact) mass is 238 g/mol. The Morgan fingerprint density at radius 2 is 2.00 bits per heavy atom. The number of carbonyl (C=O) groups excluding carboxylic acids is 1. The highest BCUT2D eigenvalue weighted by molar-refractivity contribution is 5.57. The first-order valence-electron chi connectivity index (χ1n) is 5.53. The summed E-state index contributed by atoms with van der Waals surface area (Å²) in [6, 6.07) is 3.64. The first kappa shape index (κ1) is 13.6. The molecule has 1 atom stereocenters. The van der Waals surface area contributed by atoms with Gasteiger partial charge >= 0.3 is 6.09 Å². The lowest BCUT2D eigenvalue weighted by Crippen LogP contribution is -3.10. The molecule has 0 fully saturated rings. The molecule has 0 saturated heterocycles. The summed E-state index contributed by atoms with van der Waals surface area (Å²) in [4.78, 5) is 15.3. The second kappa shape index (κ2) is 5.75. The topological polar surface area (TPSA) is 66.7 Å². The minimum absolute atomic E-state index is 0.166. The minimum atomic E-state index is -0.758. The molecule has 0 aliphatic heterocycles. The van der Waals surface area contributed by atoms with Crippen molar-refractivity contribution in [1.29, 1.82) is 0 Å². The highest BCUT2D eigenvalue weighted by atomic mass is 16.6. The summed E-state index contributed by atoms with van der Waals surface area (Å²) in [5.74, 6) is 0.